The summed E-state index contributed by atoms with van der Waals surface area (Å²) in [7, 11) is 0. The number of rotatable bonds is 6. The average Bonchev–Trinajstić information content (AvgIpc) is 3.45. The monoisotopic (exact) mass is 471 g/mol. The molecule has 35 heavy (non-hydrogen) atoms. The summed E-state index contributed by atoms with van der Waals surface area (Å²) >= 11 is 0. The van der Waals surface area contributed by atoms with Crippen LogP contribution in [0.1, 0.15) is 58.9 Å². The van der Waals surface area contributed by atoms with Crippen LogP contribution in [-0.2, 0) is 0 Å². The van der Waals surface area contributed by atoms with Crippen molar-refractivity contribution in [2.75, 3.05) is 5.32 Å². The fourth-order valence-corrected chi connectivity index (χ4v) is 4.37. The number of benzene rings is 1. The molecule has 0 spiro atoms. The molecule has 1 aliphatic heterocycles. The molecule has 9 heteroatoms. The van der Waals surface area contributed by atoms with Gasteiger partial charge in [-0.15, -0.1) is 6.58 Å². The molecule has 1 aromatic carbocycles. The molecule has 3 heterocycles. The summed E-state index contributed by atoms with van der Waals surface area (Å²) in [6.07, 6.45) is 8.88. The first-order valence-electron chi connectivity index (χ1n) is 11.6. The molecule has 3 N–H and O–H groups in total. The number of carbonyl (C=O) groups excluding carboxylic acids is 1. The van der Waals surface area contributed by atoms with E-state index < -0.39 is 11.7 Å². The van der Waals surface area contributed by atoms with Crippen molar-refractivity contribution in [3.63, 3.8) is 0 Å². The number of hydrogen-bond acceptors (Lipinski definition) is 5. The quantitative estimate of drug-likeness (QED) is 0.272. The van der Waals surface area contributed by atoms with Gasteiger partial charge in [-0.1, -0.05) is 12.1 Å². The molecule has 1 aliphatic carbocycles. The number of nitrogens with zero attached hydrogens (tertiary/aromatic N) is 4. The number of halogens is 1. The van der Waals surface area contributed by atoms with Gasteiger partial charge in [0.15, 0.2) is 5.84 Å². The van der Waals surface area contributed by atoms with Crippen molar-refractivity contribution in [3.05, 3.63) is 83.8 Å². The minimum absolute atomic E-state index is 0.0591. The van der Waals surface area contributed by atoms with Crippen molar-refractivity contribution >= 4 is 23.4 Å². The molecule has 1 saturated heterocycles. The standard InChI is InChI=1S/C26H26FN7O/c1-3-17-9-10-23(28)34(17)25(29)20-5-4-6-24(31-20)32-26(35)18-12-22(15(2)11-19(18)27)33-13-21(30-14-33)16-7-8-16/h3-6,11-14,16-17,28-29H,1,7-10H2,2H3,(H,31,32,35)/t17-/m1/s1. The Labute approximate surface area is 202 Å². The van der Waals surface area contributed by atoms with Crippen molar-refractivity contribution in [1.29, 1.82) is 10.8 Å². The van der Waals surface area contributed by atoms with Gasteiger partial charge in [-0.2, -0.15) is 0 Å². The molecule has 0 radical (unpaired) electrons. The van der Waals surface area contributed by atoms with Crippen LogP contribution in [-0.4, -0.2) is 43.1 Å². The Morgan fingerprint density at radius 2 is 2.09 bits per heavy atom. The zero-order valence-electron chi connectivity index (χ0n) is 19.4. The van der Waals surface area contributed by atoms with Gasteiger partial charge in [0.1, 0.15) is 23.2 Å². The van der Waals surface area contributed by atoms with Crippen LogP contribution in [0.4, 0.5) is 10.2 Å². The third-order valence-corrected chi connectivity index (χ3v) is 6.45. The number of anilines is 1. The van der Waals surface area contributed by atoms with Gasteiger partial charge in [-0.25, -0.2) is 14.4 Å². The third-order valence-electron chi connectivity index (χ3n) is 6.45. The van der Waals surface area contributed by atoms with Gasteiger partial charge >= 0.3 is 0 Å². The highest BCUT2D eigenvalue weighted by Crippen LogP contribution is 2.39. The largest absolute Gasteiger partial charge is 0.307 e. The Morgan fingerprint density at radius 1 is 1.29 bits per heavy atom. The fraction of sp³-hybridized carbons (Fsp3) is 0.269. The van der Waals surface area contributed by atoms with Crippen LogP contribution < -0.4 is 5.32 Å². The van der Waals surface area contributed by atoms with E-state index >= 15 is 0 Å². The maximum absolute atomic E-state index is 14.8. The molecule has 1 saturated carbocycles. The Hall–Kier alpha value is -4.14. The molecule has 3 aromatic rings. The molecular formula is C26H26FN7O. The second kappa shape index (κ2) is 8.90. The minimum atomic E-state index is -0.639. The van der Waals surface area contributed by atoms with Gasteiger partial charge in [-0.3, -0.25) is 15.6 Å². The highest BCUT2D eigenvalue weighted by molar-refractivity contribution is 6.08. The van der Waals surface area contributed by atoms with E-state index in [1.165, 1.54) is 12.1 Å². The number of amidine groups is 2. The van der Waals surface area contributed by atoms with Gasteiger partial charge in [0.05, 0.1) is 29.3 Å². The first kappa shape index (κ1) is 22.6. The molecule has 0 bridgehead atoms. The maximum Gasteiger partial charge on any atom is 0.259 e. The smallest absolute Gasteiger partial charge is 0.259 e. The zero-order valence-corrected chi connectivity index (χ0v) is 19.4. The van der Waals surface area contributed by atoms with Crippen LogP contribution in [0, 0.1) is 23.6 Å². The average molecular weight is 472 g/mol. The number of aromatic nitrogens is 3. The Morgan fingerprint density at radius 3 is 2.83 bits per heavy atom. The molecule has 1 amide bonds. The van der Waals surface area contributed by atoms with Crippen molar-refractivity contribution in [2.45, 2.75) is 44.6 Å². The van der Waals surface area contributed by atoms with Crippen molar-refractivity contribution in [2.24, 2.45) is 0 Å². The Bertz CT molecular complexity index is 1360. The lowest BCUT2D eigenvalue weighted by molar-refractivity contribution is 0.102. The van der Waals surface area contributed by atoms with Gasteiger partial charge < -0.3 is 14.8 Å². The van der Waals surface area contributed by atoms with E-state index in [1.54, 1.807) is 42.4 Å². The number of aryl methyl sites for hydroxylation is 1. The highest BCUT2D eigenvalue weighted by Gasteiger charge is 2.30. The van der Waals surface area contributed by atoms with E-state index in [0.29, 0.717) is 35.1 Å². The molecule has 2 aromatic heterocycles. The summed E-state index contributed by atoms with van der Waals surface area (Å²) < 4.78 is 16.6. The molecule has 2 aliphatic rings. The summed E-state index contributed by atoms with van der Waals surface area (Å²) in [5, 5.41) is 19.3. The van der Waals surface area contributed by atoms with Crippen LogP contribution in [0.2, 0.25) is 0 Å². The van der Waals surface area contributed by atoms with Gasteiger partial charge in [0.25, 0.3) is 5.91 Å². The minimum Gasteiger partial charge on any atom is -0.307 e. The molecule has 1 atom stereocenters. The molecule has 2 fully saturated rings. The van der Waals surface area contributed by atoms with E-state index in [4.69, 9.17) is 10.8 Å². The van der Waals surface area contributed by atoms with Gasteiger partial charge in [0.2, 0.25) is 0 Å². The number of amides is 1. The molecule has 8 nitrogen and oxygen atoms in total. The number of imidazole rings is 1. The number of hydrogen-bond donors (Lipinski definition) is 3. The van der Waals surface area contributed by atoms with Crippen molar-refractivity contribution < 1.29 is 9.18 Å². The van der Waals surface area contributed by atoms with Crippen LogP contribution >= 0.6 is 0 Å². The lowest BCUT2D eigenvalue weighted by Crippen LogP contribution is -2.37. The number of likely N-dealkylation sites (tertiary alicyclic amines) is 1. The summed E-state index contributed by atoms with van der Waals surface area (Å²) in [4.78, 5) is 23.4. The Kier molecular flexibility index (Phi) is 5.76. The van der Waals surface area contributed by atoms with Crippen LogP contribution in [0.5, 0.6) is 0 Å². The summed E-state index contributed by atoms with van der Waals surface area (Å²) in [5.41, 5.74) is 2.58. The SMILES string of the molecule is C=C[C@@H]1CCC(=N)N1C(=N)c1cccc(NC(=O)c2cc(-n3cnc(C4CC4)c3)c(C)cc2F)n1. The van der Waals surface area contributed by atoms with Crippen molar-refractivity contribution in [3.8, 4) is 5.69 Å². The number of nitrogens with one attached hydrogen (secondary N) is 3. The summed E-state index contributed by atoms with van der Waals surface area (Å²) in [6, 6.07) is 7.61. The van der Waals surface area contributed by atoms with Crippen LogP contribution in [0.25, 0.3) is 5.69 Å². The van der Waals surface area contributed by atoms with E-state index in [-0.39, 0.29) is 23.3 Å². The number of pyridine rings is 1. The van der Waals surface area contributed by atoms with E-state index in [1.807, 2.05) is 10.8 Å². The first-order valence-corrected chi connectivity index (χ1v) is 11.6. The van der Waals surface area contributed by atoms with E-state index in [9.17, 15) is 9.18 Å². The van der Waals surface area contributed by atoms with E-state index in [0.717, 1.165) is 25.0 Å². The fourth-order valence-electron chi connectivity index (χ4n) is 4.37. The van der Waals surface area contributed by atoms with Gasteiger partial charge in [0, 0.05) is 18.5 Å². The summed E-state index contributed by atoms with van der Waals surface area (Å²) in [6.45, 7) is 5.59. The second-order valence-corrected chi connectivity index (χ2v) is 8.97. The number of carbonyl (C=O) groups is 1. The normalized spacial score (nSPS) is 17.5. The van der Waals surface area contributed by atoms with Gasteiger partial charge in [-0.05, 0) is 56.0 Å². The first-order chi connectivity index (χ1) is 16.9. The van der Waals surface area contributed by atoms with Crippen LogP contribution in [0.15, 0.2) is 55.5 Å². The van der Waals surface area contributed by atoms with Crippen LogP contribution in [0.3, 0.4) is 0 Å². The predicted octanol–water partition coefficient (Wildman–Crippen LogP) is 4.80. The Balaban J connectivity index is 1.38. The second-order valence-electron chi connectivity index (χ2n) is 8.97. The van der Waals surface area contributed by atoms with Crippen molar-refractivity contribution in [1.82, 2.24) is 19.4 Å². The van der Waals surface area contributed by atoms with E-state index in [2.05, 4.69) is 21.9 Å². The summed E-state index contributed by atoms with van der Waals surface area (Å²) in [5.74, 6) is -0.199. The molecule has 5 rings (SSSR count). The molecule has 178 valence electrons. The zero-order chi connectivity index (χ0) is 24.7. The predicted molar refractivity (Wildman–Crippen MR) is 132 cm³/mol. The molecule has 0 unspecified atom stereocenters. The highest BCUT2D eigenvalue weighted by atomic mass is 19.1. The topological polar surface area (TPSA) is 111 Å². The lowest BCUT2D eigenvalue weighted by Gasteiger charge is -2.24. The lowest BCUT2D eigenvalue weighted by atomic mass is 10.1. The third kappa shape index (κ3) is 4.37. The maximum atomic E-state index is 14.8. The molecular weight excluding hydrogens is 445 g/mol.